The molecule has 27 heavy (non-hydrogen) atoms. The van der Waals surface area contributed by atoms with E-state index in [4.69, 9.17) is 4.74 Å². The van der Waals surface area contributed by atoms with Gasteiger partial charge in [0.2, 0.25) is 10.0 Å². The number of hydrogen-bond acceptors (Lipinski definition) is 4. The lowest BCUT2D eigenvalue weighted by Crippen LogP contribution is -2.41. The smallest absolute Gasteiger partial charge is 0.243 e. The van der Waals surface area contributed by atoms with E-state index in [0.717, 1.165) is 12.2 Å². The first kappa shape index (κ1) is 19.6. The first-order valence-electron chi connectivity index (χ1n) is 9.27. The lowest BCUT2D eigenvalue weighted by Gasteiger charge is -2.31. The minimum Gasteiger partial charge on any atom is -0.490 e. The van der Waals surface area contributed by atoms with Crippen molar-refractivity contribution in [3.05, 3.63) is 59.7 Å². The number of piperidine rings is 1. The zero-order valence-corrected chi connectivity index (χ0v) is 16.5. The van der Waals surface area contributed by atoms with E-state index in [1.807, 2.05) is 18.2 Å². The Morgan fingerprint density at radius 2 is 1.81 bits per heavy atom. The van der Waals surface area contributed by atoms with Gasteiger partial charge in [-0.1, -0.05) is 31.2 Å². The highest BCUT2D eigenvalue weighted by Gasteiger charge is 2.30. The van der Waals surface area contributed by atoms with Crippen LogP contribution in [0.25, 0.3) is 0 Å². The molecule has 0 atom stereocenters. The molecule has 6 heteroatoms. The fraction of sp³-hybridized carbons (Fsp3) is 0.381. The number of carbonyl (C=O) groups excluding carboxylic acids is 1. The van der Waals surface area contributed by atoms with E-state index in [-0.39, 0.29) is 16.8 Å². The lowest BCUT2D eigenvalue weighted by molar-refractivity contribution is 0.101. The summed E-state index contributed by atoms with van der Waals surface area (Å²) in [5.41, 5.74) is 1.63. The molecule has 0 radical (unpaired) electrons. The molecular weight excluding hydrogens is 362 g/mol. The second kappa shape index (κ2) is 8.23. The first-order chi connectivity index (χ1) is 12.9. The van der Waals surface area contributed by atoms with Crippen LogP contribution in [0.2, 0.25) is 0 Å². The van der Waals surface area contributed by atoms with E-state index in [9.17, 15) is 13.2 Å². The topological polar surface area (TPSA) is 63.7 Å². The summed E-state index contributed by atoms with van der Waals surface area (Å²) in [5, 5.41) is 0. The van der Waals surface area contributed by atoms with E-state index in [2.05, 4.69) is 13.0 Å². The molecule has 0 aromatic heterocycles. The van der Waals surface area contributed by atoms with Crippen LogP contribution >= 0.6 is 0 Å². The largest absolute Gasteiger partial charge is 0.490 e. The van der Waals surface area contributed by atoms with E-state index in [1.54, 1.807) is 18.2 Å². The van der Waals surface area contributed by atoms with Gasteiger partial charge in [-0.2, -0.15) is 4.31 Å². The molecular formula is C21H25NO4S. The third kappa shape index (κ3) is 4.57. The van der Waals surface area contributed by atoms with Crippen molar-refractivity contribution in [3.63, 3.8) is 0 Å². The van der Waals surface area contributed by atoms with Crippen molar-refractivity contribution in [2.75, 3.05) is 13.1 Å². The third-order valence-electron chi connectivity index (χ3n) is 4.89. The van der Waals surface area contributed by atoms with Crippen molar-refractivity contribution >= 4 is 15.8 Å². The van der Waals surface area contributed by atoms with Crippen molar-refractivity contribution in [1.82, 2.24) is 4.31 Å². The summed E-state index contributed by atoms with van der Waals surface area (Å²) >= 11 is 0. The predicted molar refractivity (Wildman–Crippen MR) is 105 cm³/mol. The van der Waals surface area contributed by atoms with Crippen molar-refractivity contribution in [2.45, 2.75) is 44.1 Å². The molecule has 1 heterocycles. The summed E-state index contributed by atoms with van der Waals surface area (Å²) in [7, 11) is -3.60. The second-order valence-electron chi connectivity index (χ2n) is 6.81. The molecule has 2 aromatic rings. The van der Waals surface area contributed by atoms with Crippen LogP contribution in [0.4, 0.5) is 0 Å². The van der Waals surface area contributed by atoms with E-state index < -0.39 is 10.0 Å². The zero-order chi connectivity index (χ0) is 19.4. The molecule has 0 N–H and O–H groups in total. The number of nitrogens with zero attached hydrogens (tertiary/aromatic N) is 1. The number of sulfonamides is 1. The Morgan fingerprint density at radius 1 is 1.11 bits per heavy atom. The molecule has 1 aliphatic rings. The van der Waals surface area contributed by atoms with Crippen LogP contribution in [0, 0.1) is 0 Å². The van der Waals surface area contributed by atoms with Gasteiger partial charge in [-0.25, -0.2) is 8.42 Å². The zero-order valence-electron chi connectivity index (χ0n) is 15.7. The molecule has 0 amide bonds. The minimum atomic E-state index is -3.60. The van der Waals surface area contributed by atoms with Crippen LogP contribution in [-0.2, 0) is 16.4 Å². The molecule has 144 valence electrons. The van der Waals surface area contributed by atoms with Crippen LogP contribution in [0.1, 0.15) is 42.6 Å². The normalized spacial score (nSPS) is 16.2. The minimum absolute atomic E-state index is 0.00658. The van der Waals surface area contributed by atoms with Crippen molar-refractivity contribution in [1.29, 1.82) is 0 Å². The van der Waals surface area contributed by atoms with Gasteiger partial charge in [-0.15, -0.1) is 0 Å². The molecule has 0 bridgehead atoms. The average molecular weight is 388 g/mol. The van der Waals surface area contributed by atoms with Crippen LogP contribution in [-0.4, -0.2) is 37.7 Å². The summed E-state index contributed by atoms with van der Waals surface area (Å²) in [6.07, 6.45) is 2.24. The number of ether oxygens (including phenoxy) is 1. The standard InChI is InChI=1S/C21H25NO4S/c1-3-17-6-4-8-20(14-17)26-19-10-12-22(13-11-19)27(24,25)21-9-5-7-18(15-21)16(2)23/h4-9,14-15,19H,3,10-13H2,1-2H3. The Morgan fingerprint density at radius 3 is 2.48 bits per heavy atom. The van der Waals surface area contributed by atoms with E-state index >= 15 is 0 Å². The highest BCUT2D eigenvalue weighted by Crippen LogP contribution is 2.25. The number of ketones is 1. The van der Waals surface area contributed by atoms with Gasteiger partial charge in [0.25, 0.3) is 0 Å². The summed E-state index contributed by atoms with van der Waals surface area (Å²) in [6.45, 7) is 4.35. The maximum absolute atomic E-state index is 12.9. The van der Waals surface area contributed by atoms with E-state index in [0.29, 0.717) is 31.5 Å². The number of aryl methyl sites for hydroxylation is 1. The summed E-state index contributed by atoms with van der Waals surface area (Å²) in [4.78, 5) is 11.7. The first-order valence-corrected chi connectivity index (χ1v) is 10.7. The van der Waals surface area contributed by atoms with Gasteiger partial charge in [-0.3, -0.25) is 4.79 Å². The Kier molecular flexibility index (Phi) is 5.97. The molecule has 1 fully saturated rings. The van der Waals surface area contributed by atoms with Crippen LogP contribution < -0.4 is 4.74 Å². The maximum atomic E-state index is 12.9. The molecule has 0 saturated carbocycles. The van der Waals surface area contributed by atoms with Crippen LogP contribution in [0.3, 0.4) is 0 Å². The molecule has 3 rings (SSSR count). The number of benzene rings is 2. The second-order valence-corrected chi connectivity index (χ2v) is 8.74. The summed E-state index contributed by atoms with van der Waals surface area (Å²) in [5.74, 6) is 0.693. The lowest BCUT2D eigenvalue weighted by atomic mass is 10.1. The monoisotopic (exact) mass is 387 g/mol. The van der Waals surface area contributed by atoms with E-state index in [1.165, 1.54) is 22.9 Å². The van der Waals surface area contributed by atoms with Crippen molar-refractivity contribution < 1.29 is 17.9 Å². The predicted octanol–water partition coefficient (Wildman–Crippen LogP) is 3.68. The molecule has 2 aromatic carbocycles. The quantitative estimate of drug-likeness (QED) is 0.709. The third-order valence-corrected chi connectivity index (χ3v) is 6.78. The number of carbonyl (C=O) groups is 1. The average Bonchev–Trinajstić information content (AvgIpc) is 2.68. The van der Waals surface area contributed by atoms with Crippen LogP contribution in [0.15, 0.2) is 53.4 Å². The van der Waals surface area contributed by atoms with Crippen molar-refractivity contribution in [2.24, 2.45) is 0 Å². The number of rotatable bonds is 6. The summed E-state index contributed by atoms with van der Waals surface area (Å²) in [6, 6.07) is 14.3. The molecule has 0 unspecified atom stereocenters. The maximum Gasteiger partial charge on any atom is 0.243 e. The molecule has 1 saturated heterocycles. The molecule has 0 spiro atoms. The van der Waals surface area contributed by atoms with Gasteiger partial charge in [0.15, 0.2) is 5.78 Å². The van der Waals surface area contributed by atoms with Gasteiger partial charge in [0.05, 0.1) is 4.90 Å². The Labute approximate surface area is 161 Å². The SMILES string of the molecule is CCc1cccc(OC2CCN(S(=O)(=O)c3cccc(C(C)=O)c3)CC2)c1. The van der Waals surface area contributed by atoms with Crippen LogP contribution in [0.5, 0.6) is 5.75 Å². The highest BCUT2D eigenvalue weighted by molar-refractivity contribution is 7.89. The van der Waals surface area contributed by atoms with Gasteiger partial charge in [0, 0.05) is 18.7 Å². The highest BCUT2D eigenvalue weighted by atomic mass is 32.2. The van der Waals surface area contributed by atoms with Gasteiger partial charge < -0.3 is 4.74 Å². The van der Waals surface area contributed by atoms with Crippen molar-refractivity contribution in [3.8, 4) is 5.75 Å². The number of Topliss-reactive ketones (excluding diaryl/α,β-unsaturated/α-hetero) is 1. The number of hydrogen-bond donors (Lipinski definition) is 0. The summed E-state index contributed by atoms with van der Waals surface area (Å²) < 4.78 is 33.3. The van der Waals surface area contributed by atoms with Gasteiger partial charge in [0.1, 0.15) is 11.9 Å². The fourth-order valence-corrected chi connectivity index (χ4v) is 4.76. The Balaban J connectivity index is 1.66. The molecule has 5 nitrogen and oxygen atoms in total. The van der Waals surface area contributed by atoms with Gasteiger partial charge in [-0.05, 0) is 56.0 Å². The molecule has 1 aliphatic heterocycles. The molecule has 0 aliphatic carbocycles. The fourth-order valence-electron chi connectivity index (χ4n) is 3.25. The van der Waals surface area contributed by atoms with Gasteiger partial charge >= 0.3 is 0 Å². The Bertz CT molecular complexity index is 915. The Hall–Kier alpha value is -2.18.